The Morgan fingerprint density at radius 1 is 1.14 bits per heavy atom. The summed E-state index contributed by atoms with van der Waals surface area (Å²) < 4.78 is 34.4. The Hall–Kier alpha value is -1.59. The highest BCUT2D eigenvalue weighted by molar-refractivity contribution is 8.03. The molecule has 0 radical (unpaired) electrons. The molecule has 0 saturated carbocycles. The average molecular weight is 587 g/mol. The highest BCUT2D eigenvalue weighted by Crippen LogP contribution is 2.47. The number of anilines is 1. The summed E-state index contributed by atoms with van der Waals surface area (Å²) in [5.74, 6) is -0.281. The van der Waals surface area contributed by atoms with Crippen LogP contribution >= 0.6 is 46.3 Å². The molecule has 1 aliphatic heterocycles. The van der Waals surface area contributed by atoms with Crippen LogP contribution < -0.4 is 9.63 Å². The number of thiazole rings is 1. The summed E-state index contributed by atoms with van der Waals surface area (Å²) >= 11 is 15.8. The van der Waals surface area contributed by atoms with Crippen LogP contribution in [0, 0.1) is 0 Å². The first-order valence-electron chi connectivity index (χ1n) is 11.6. The first-order valence-corrected chi connectivity index (χ1v) is 15.6. The Kier molecular flexibility index (Phi) is 9.04. The van der Waals surface area contributed by atoms with Gasteiger partial charge in [0.05, 0.1) is 18.0 Å². The van der Waals surface area contributed by atoms with Crippen molar-refractivity contribution in [3.63, 3.8) is 0 Å². The largest absolute Gasteiger partial charge is 0.286 e. The van der Waals surface area contributed by atoms with Crippen LogP contribution in [0.15, 0.2) is 58.0 Å². The molecule has 0 unspecified atom stereocenters. The molecule has 1 aliphatic rings. The topological polar surface area (TPSA) is 70.7 Å². The maximum absolute atomic E-state index is 11.0. The molecule has 0 bridgehead atoms. The predicted octanol–water partition coefficient (Wildman–Crippen LogP) is 7.36. The standard InChI is InChI=1S/C25H26Cl2N2O4S3/c1-3-17(13-24-28(4-2)20-15-18(26)7-9-22(20)34-24)14-25-29(33-11-5-6-12-36(30,31)32)21-16-19(27)8-10-23(21)35-25/h7-10,13-16H,3-6,11-12H2,1-2H3/p+1. The molecule has 1 aromatic heterocycles. The van der Waals surface area contributed by atoms with Gasteiger partial charge in [0.25, 0.3) is 15.1 Å². The minimum absolute atomic E-state index is 0.281. The lowest BCUT2D eigenvalue weighted by Crippen LogP contribution is -2.33. The minimum Gasteiger partial charge on any atom is -0.286 e. The van der Waals surface area contributed by atoms with Gasteiger partial charge >= 0.3 is 0 Å². The zero-order valence-corrected chi connectivity index (χ0v) is 23.9. The van der Waals surface area contributed by atoms with Gasteiger partial charge in [-0.15, -0.1) is 0 Å². The Morgan fingerprint density at radius 2 is 1.89 bits per heavy atom. The van der Waals surface area contributed by atoms with Crippen molar-refractivity contribution >= 4 is 78.4 Å². The lowest BCUT2D eigenvalue weighted by Gasteiger charge is -2.20. The average Bonchev–Trinajstić information content (AvgIpc) is 3.33. The second-order valence-corrected chi connectivity index (χ2v) is 12.8. The van der Waals surface area contributed by atoms with Crippen LogP contribution in [-0.4, -0.2) is 25.3 Å². The van der Waals surface area contributed by atoms with Crippen LogP contribution in [-0.2, 0) is 21.5 Å². The third-order valence-corrected chi connectivity index (χ3v) is 9.05. The second-order valence-electron chi connectivity index (χ2n) is 8.19. The molecule has 1 N–H and O–H groups in total. The lowest BCUT2D eigenvalue weighted by atomic mass is 10.2. The highest BCUT2D eigenvalue weighted by atomic mass is 35.5. The molecular weight excluding hydrogens is 559 g/mol. The number of allylic oxidation sites excluding steroid dienone is 2. The first kappa shape index (κ1) is 27.4. The molecule has 2 heterocycles. The fourth-order valence-electron chi connectivity index (χ4n) is 3.84. The molecule has 36 heavy (non-hydrogen) atoms. The van der Waals surface area contributed by atoms with Gasteiger partial charge in [-0.05, 0) is 68.2 Å². The molecule has 0 aliphatic carbocycles. The second kappa shape index (κ2) is 11.9. The summed E-state index contributed by atoms with van der Waals surface area (Å²) in [6, 6.07) is 11.7. The van der Waals surface area contributed by atoms with Gasteiger partial charge in [0, 0.05) is 27.1 Å². The first-order chi connectivity index (χ1) is 17.2. The van der Waals surface area contributed by atoms with E-state index in [2.05, 4.69) is 36.6 Å². The van der Waals surface area contributed by atoms with Crippen molar-refractivity contribution in [1.82, 2.24) is 0 Å². The van der Waals surface area contributed by atoms with E-state index >= 15 is 0 Å². The van der Waals surface area contributed by atoms with Gasteiger partial charge in [-0.2, -0.15) is 13.0 Å². The van der Waals surface area contributed by atoms with Crippen LogP contribution in [0.4, 0.5) is 5.69 Å². The van der Waals surface area contributed by atoms with Crippen molar-refractivity contribution in [2.45, 2.75) is 44.6 Å². The summed E-state index contributed by atoms with van der Waals surface area (Å²) in [6.45, 7) is 5.38. The molecule has 3 aromatic rings. The fourth-order valence-corrected chi connectivity index (χ4v) is 6.98. The van der Waals surface area contributed by atoms with Crippen molar-refractivity contribution in [2.75, 3.05) is 17.4 Å². The molecule has 0 saturated heterocycles. The molecule has 0 fully saturated rings. The van der Waals surface area contributed by atoms with Crippen LogP contribution in [0.1, 0.15) is 38.1 Å². The van der Waals surface area contributed by atoms with E-state index in [0.717, 1.165) is 49.7 Å². The number of aromatic nitrogens is 1. The molecule has 2 aromatic carbocycles. The number of fused-ring (bicyclic) bond motifs is 2. The van der Waals surface area contributed by atoms with E-state index in [9.17, 15) is 8.42 Å². The van der Waals surface area contributed by atoms with Gasteiger partial charge in [-0.25, -0.2) is 5.06 Å². The Morgan fingerprint density at radius 3 is 2.61 bits per heavy atom. The number of nitrogens with zero attached hydrogens (tertiary/aromatic N) is 2. The van der Waals surface area contributed by atoms with Gasteiger partial charge < -0.3 is 0 Å². The molecule has 4 rings (SSSR count). The van der Waals surface area contributed by atoms with Crippen molar-refractivity contribution in [1.29, 1.82) is 0 Å². The normalized spacial score (nSPS) is 15.3. The van der Waals surface area contributed by atoms with Gasteiger partial charge in [0.2, 0.25) is 5.52 Å². The third kappa shape index (κ3) is 6.64. The maximum atomic E-state index is 11.0. The molecule has 6 nitrogen and oxygen atoms in total. The molecule has 0 spiro atoms. The van der Waals surface area contributed by atoms with Crippen LogP contribution in [0.2, 0.25) is 10.0 Å². The van der Waals surface area contributed by atoms with Crippen LogP contribution in [0.25, 0.3) is 16.3 Å². The van der Waals surface area contributed by atoms with Gasteiger partial charge in [0.15, 0.2) is 0 Å². The fraction of sp³-hybridized carbons (Fsp3) is 0.320. The number of thioether (sulfide) groups is 1. The number of hydrogen-bond donors (Lipinski definition) is 1. The molecular formula is C25H27Cl2N2O4S3+. The van der Waals surface area contributed by atoms with Crippen LogP contribution in [0.3, 0.4) is 0 Å². The van der Waals surface area contributed by atoms with Crippen molar-refractivity contribution in [2.24, 2.45) is 0 Å². The zero-order chi connectivity index (χ0) is 25.9. The van der Waals surface area contributed by atoms with Gasteiger partial charge in [-0.3, -0.25) is 9.39 Å². The summed E-state index contributed by atoms with van der Waals surface area (Å²) in [4.78, 5) is 7.11. The predicted molar refractivity (Wildman–Crippen MR) is 150 cm³/mol. The lowest BCUT2D eigenvalue weighted by molar-refractivity contribution is -0.665. The maximum Gasteiger partial charge on any atom is 0.264 e. The van der Waals surface area contributed by atoms with E-state index in [1.165, 1.54) is 4.70 Å². The Balaban J connectivity index is 1.62. The van der Waals surface area contributed by atoms with Crippen molar-refractivity contribution in [3.05, 3.63) is 68.1 Å². The highest BCUT2D eigenvalue weighted by Gasteiger charge is 2.27. The molecule has 11 heteroatoms. The summed E-state index contributed by atoms with van der Waals surface area (Å²) in [7, 11) is -3.97. The number of hydroxylamine groups is 1. The number of halogens is 2. The summed E-state index contributed by atoms with van der Waals surface area (Å²) in [5.41, 5.74) is 3.11. The summed E-state index contributed by atoms with van der Waals surface area (Å²) in [5, 5.41) is 5.14. The van der Waals surface area contributed by atoms with Crippen molar-refractivity contribution in [3.8, 4) is 0 Å². The van der Waals surface area contributed by atoms with E-state index < -0.39 is 10.1 Å². The number of aryl methyl sites for hydroxylation is 1. The van der Waals surface area contributed by atoms with Gasteiger partial charge in [0.1, 0.15) is 16.3 Å². The van der Waals surface area contributed by atoms with E-state index in [1.807, 2.05) is 30.3 Å². The third-order valence-electron chi connectivity index (χ3n) is 5.61. The molecule has 0 atom stereocenters. The zero-order valence-electron chi connectivity index (χ0n) is 19.9. The van der Waals surface area contributed by atoms with E-state index in [0.29, 0.717) is 24.5 Å². The van der Waals surface area contributed by atoms with Crippen molar-refractivity contribution < 1.29 is 22.4 Å². The Bertz CT molecular complexity index is 1430. The number of unbranched alkanes of at least 4 members (excludes halogenated alkanes) is 1. The molecule has 0 amide bonds. The smallest absolute Gasteiger partial charge is 0.264 e. The Labute approximate surface area is 229 Å². The van der Waals surface area contributed by atoms with Crippen LogP contribution in [0.5, 0.6) is 0 Å². The number of hydrogen-bond acceptors (Lipinski definition) is 6. The minimum atomic E-state index is -3.97. The van der Waals surface area contributed by atoms with E-state index in [-0.39, 0.29) is 5.75 Å². The van der Waals surface area contributed by atoms with E-state index in [1.54, 1.807) is 28.2 Å². The quantitative estimate of drug-likeness (QED) is 0.152. The number of rotatable bonds is 10. The number of benzene rings is 2. The van der Waals surface area contributed by atoms with Gasteiger partial charge in [-0.1, -0.05) is 53.2 Å². The van der Waals surface area contributed by atoms with E-state index in [4.69, 9.17) is 32.6 Å². The summed E-state index contributed by atoms with van der Waals surface area (Å²) in [6.07, 6.45) is 5.95. The monoisotopic (exact) mass is 585 g/mol. The SMILES string of the molecule is CCC(=Cc1sc2ccc(Cl)cc2[n+]1CC)C=C1Sc2ccc(Cl)cc2N1OCCCCS(=O)(=O)O. The molecule has 192 valence electrons.